The highest BCUT2D eigenvalue weighted by atomic mass is 35.5. The number of aromatic amines is 1. The molecule has 2 aromatic heterocycles. The number of aromatic nitrogens is 4. The van der Waals surface area contributed by atoms with Crippen LogP contribution in [0.1, 0.15) is 35.4 Å². The molecule has 8 heteroatoms. The molecule has 0 bridgehead atoms. The number of pyridine rings is 1. The number of anilines is 1. The van der Waals surface area contributed by atoms with E-state index in [1.54, 1.807) is 13.0 Å². The normalized spacial score (nSPS) is 20.4. The molecular formula is C15H17ClN6O. The first-order valence-electron chi connectivity index (χ1n) is 7.40. The molecule has 1 aliphatic heterocycles. The highest BCUT2D eigenvalue weighted by molar-refractivity contribution is 6.33. The second-order valence-electron chi connectivity index (χ2n) is 5.56. The first-order valence-corrected chi connectivity index (χ1v) is 7.78. The average Bonchev–Trinajstić information content (AvgIpc) is 3.16. The Labute approximate surface area is 139 Å². The molecule has 3 rings (SSSR count). The van der Waals surface area contributed by atoms with E-state index in [9.17, 15) is 0 Å². The molecule has 2 atom stereocenters. The summed E-state index contributed by atoms with van der Waals surface area (Å²) in [5.41, 5.74) is 1.14. The van der Waals surface area contributed by atoms with E-state index in [-0.39, 0.29) is 12.0 Å². The van der Waals surface area contributed by atoms with Crippen LogP contribution in [-0.2, 0) is 4.74 Å². The van der Waals surface area contributed by atoms with Crippen molar-refractivity contribution in [3.05, 3.63) is 34.0 Å². The van der Waals surface area contributed by atoms with Crippen molar-refractivity contribution in [1.29, 1.82) is 5.26 Å². The van der Waals surface area contributed by atoms with E-state index in [1.165, 1.54) is 0 Å². The Bertz CT molecular complexity index is 753. The lowest BCUT2D eigenvalue weighted by molar-refractivity contribution is 0.0863. The number of rotatable bonds is 4. The Hall–Kier alpha value is -2.17. The lowest BCUT2D eigenvalue weighted by Gasteiger charge is -2.17. The third kappa shape index (κ3) is 3.28. The molecule has 0 aliphatic carbocycles. The molecule has 3 heterocycles. The number of H-pyrrole nitrogens is 1. The summed E-state index contributed by atoms with van der Waals surface area (Å²) in [4.78, 5) is 8.72. The second kappa shape index (κ2) is 6.52. The van der Waals surface area contributed by atoms with Crippen LogP contribution in [0.25, 0.3) is 0 Å². The van der Waals surface area contributed by atoms with E-state index in [4.69, 9.17) is 21.6 Å². The van der Waals surface area contributed by atoms with Gasteiger partial charge in [-0.25, -0.2) is 9.97 Å². The van der Waals surface area contributed by atoms with Crippen LogP contribution in [-0.4, -0.2) is 33.3 Å². The number of ether oxygens (including phenoxy) is 1. The van der Waals surface area contributed by atoms with Crippen molar-refractivity contribution >= 4 is 17.4 Å². The molecular weight excluding hydrogens is 316 g/mol. The summed E-state index contributed by atoms with van der Waals surface area (Å²) >= 11 is 6.19. The van der Waals surface area contributed by atoms with Crippen LogP contribution in [0.3, 0.4) is 0 Å². The zero-order chi connectivity index (χ0) is 16.4. The largest absolute Gasteiger partial charge is 0.370 e. The molecule has 1 saturated heterocycles. The molecule has 1 aliphatic rings. The molecule has 1 fully saturated rings. The van der Waals surface area contributed by atoms with Gasteiger partial charge in [0.2, 0.25) is 0 Å². The van der Waals surface area contributed by atoms with Crippen LogP contribution in [0, 0.1) is 31.1 Å². The van der Waals surface area contributed by atoms with Crippen molar-refractivity contribution in [3.8, 4) is 6.07 Å². The fourth-order valence-corrected chi connectivity index (χ4v) is 2.88. The number of nitriles is 1. The Morgan fingerprint density at radius 2 is 2.30 bits per heavy atom. The molecule has 0 unspecified atom stereocenters. The highest BCUT2D eigenvalue weighted by Crippen LogP contribution is 2.33. The zero-order valence-electron chi connectivity index (χ0n) is 12.9. The molecule has 0 saturated carbocycles. The molecule has 0 radical (unpaired) electrons. The maximum Gasteiger partial charge on any atom is 0.179 e. The minimum absolute atomic E-state index is 0.134. The predicted octanol–water partition coefficient (Wildman–Crippen LogP) is 2.53. The van der Waals surface area contributed by atoms with Crippen LogP contribution in [0.4, 0.5) is 5.82 Å². The third-order valence-electron chi connectivity index (χ3n) is 3.90. The van der Waals surface area contributed by atoms with Crippen molar-refractivity contribution in [1.82, 2.24) is 20.2 Å². The fourth-order valence-electron chi connectivity index (χ4n) is 2.66. The molecule has 2 aromatic rings. The van der Waals surface area contributed by atoms with Gasteiger partial charge in [-0.3, -0.25) is 5.10 Å². The number of hydrogen-bond acceptors (Lipinski definition) is 6. The number of aryl methyl sites for hydroxylation is 2. The molecule has 120 valence electrons. The van der Waals surface area contributed by atoms with Gasteiger partial charge in [0.1, 0.15) is 23.8 Å². The van der Waals surface area contributed by atoms with Crippen LogP contribution in [0.15, 0.2) is 6.07 Å². The topological polar surface area (TPSA) is 99.5 Å². The maximum atomic E-state index is 9.00. The van der Waals surface area contributed by atoms with E-state index in [0.29, 0.717) is 41.1 Å². The van der Waals surface area contributed by atoms with Gasteiger partial charge in [-0.05, 0) is 26.3 Å². The number of halogens is 1. The van der Waals surface area contributed by atoms with Crippen LogP contribution in [0.2, 0.25) is 5.02 Å². The van der Waals surface area contributed by atoms with Gasteiger partial charge in [0.05, 0.1) is 16.3 Å². The lowest BCUT2D eigenvalue weighted by Crippen LogP contribution is -2.19. The van der Waals surface area contributed by atoms with Gasteiger partial charge in [-0.1, -0.05) is 11.6 Å². The summed E-state index contributed by atoms with van der Waals surface area (Å²) in [6, 6.07) is 3.71. The van der Waals surface area contributed by atoms with Gasteiger partial charge < -0.3 is 10.1 Å². The van der Waals surface area contributed by atoms with Crippen LogP contribution < -0.4 is 5.32 Å². The van der Waals surface area contributed by atoms with E-state index >= 15 is 0 Å². The second-order valence-corrected chi connectivity index (χ2v) is 5.97. The highest BCUT2D eigenvalue weighted by Gasteiger charge is 2.32. The quantitative estimate of drug-likeness (QED) is 0.892. The Morgan fingerprint density at radius 3 is 3.00 bits per heavy atom. The standard InChI is InChI=1S/C15H17ClN6O/c1-8-11(6-17)5-12(16)14(19-8)18-7-10-3-4-23-13(10)15-20-9(2)21-22-15/h5,10,13H,3-4,7H2,1-2H3,(H,18,19)(H,20,21,22)/t10-,13-/m1/s1. The van der Waals surface area contributed by atoms with E-state index in [0.717, 1.165) is 12.2 Å². The zero-order valence-corrected chi connectivity index (χ0v) is 13.7. The summed E-state index contributed by atoms with van der Waals surface area (Å²) in [7, 11) is 0. The first kappa shape index (κ1) is 15.7. The van der Waals surface area contributed by atoms with Gasteiger partial charge in [-0.15, -0.1) is 0 Å². The van der Waals surface area contributed by atoms with Crippen molar-refractivity contribution in [2.75, 3.05) is 18.5 Å². The fraction of sp³-hybridized carbons (Fsp3) is 0.467. The Kier molecular flexibility index (Phi) is 4.46. The number of nitrogens with one attached hydrogen (secondary N) is 2. The van der Waals surface area contributed by atoms with Gasteiger partial charge >= 0.3 is 0 Å². The summed E-state index contributed by atoms with van der Waals surface area (Å²) < 4.78 is 5.76. The van der Waals surface area contributed by atoms with Gasteiger partial charge in [0.25, 0.3) is 0 Å². The van der Waals surface area contributed by atoms with Crippen molar-refractivity contribution < 1.29 is 4.74 Å². The summed E-state index contributed by atoms with van der Waals surface area (Å²) in [5.74, 6) is 2.27. The van der Waals surface area contributed by atoms with Crippen LogP contribution in [0.5, 0.6) is 0 Å². The Morgan fingerprint density at radius 1 is 1.48 bits per heavy atom. The molecule has 0 spiro atoms. The average molecular weight is 333 g/mol. The van der Waals surface area contributed by atoms with E-state index in [1.807, 2.05) is 6.92 Å². The SMILES string of the molecule is Cc1nc([C@@H]2OCC[C@@H]2CNc2nc(C)c(C#N)cc2Cl)n[nH]1. The maximum absolute atomic E-state index is 9.00. The summed E-state index contributed by atoms with van der Waals surface area (Å²) in [6.45, 7) is 4.98. The summed E-state index contributed by atoms with van der Waals surface area (Å²) in [6.07, 6.45) is 0.781. The summed E-state index contributed by atoms with van der Waals surface area (Å²) in [5, 5.41) is 19.7. The Balaban J connectivity index is 1.70. The molecule has 7 nitrogen and oxygen atoms in total. The van der Waals surface area contributed by atoms with Crippen molar-refractivity contribution in [2.24, 2.45) is 5.92 Å². The minimum Gasteiger partial charge on any atom is -0.370 e. The smallest absolute Gasteiger partial charge is 0.179 e. The van der Waals surface area contributed by atoms with E-state index in [2.05, 4.69) is 31.6 Å². The van der Waals surface area contributed by atoms with Gasteiger partial charge in [0, 0.05) is 19.1 Å². The number of nitrogens with zero attached hydrogens (tertiary/aromatic N) is 4. The van der Waals surface area contributed by atoms with E-state index < -0.39 is 0 Å². The third-order valence-corrected chi connectivity index (χ3v) is 4.19. The van der Waals surface area contributed by atoms with Crippen molar-refractivity contribution in [3.63, 3.8) is 0 Å². The van der Waals surface area contributed by atoms with Crippen molar-refractivity contribution in [2.45, 2.75) is 26.4 Å². The number of hydrogen-bond donors (Lipinski definition) is 2. The van der Waals surface area contributed by atoms with Gasteiger partial charge in [0.15, 0.2) is 5.82 Å². The monoisotopic (exact) mass is 332 g/mol. The molecule has 0 amide bonds. The molecule has 23 heavy (non-hydrogen) atoms. The lowest BCUT2D eigenvalue weighted by atomic mass is 10.0. The van der Waals surface area contributed by atoms with Crippen LogP contribution >= 0.6 is 11.6 Å². The predicted molar refractivity (Wildman–Crippen MR) is 85.1 cm³/mol. The molecule has 2 N–H and O–H groups in total. The molecule has 0 aromatic carbocycles. The van der Waals surface area contributed by atoms with Gasteiger partial charge in [-0.2, -0.15) is 10.4 Å². The minimum atomic E-state index is -0.134. The first-order chi connectivity index (χ1) is 11.1.